The first kappa shape index (κ1) is 19.6. The number of aliphatic hydroxyl groups excluding tert-OH is 1. The number of methoxy groups -OCH3 is 1. The normalized spacial score (nSPS) is 11.2. The number of aromatic nitrogens is 1. The largest absolute Gasteiger partial charge is 0.497 e. The Morgan fingerprint density at radius 2 is 1.62 bits per heavy atom. The van der Waals surface area contributed by atoms with Crippen molar-refractivity contribution in [3.8, 4) is 17.0 Å². The van der Waals surface area contributed by atoms with Gasteiger partial charge in [0.15, 0.2) is 0 Å². The molecule has 0 atom stereocenters. The molecular weight excluding hydrogens is 382 g/mol. The van der Waals surface area contributed by atoms with E-state index in [4.69, 9.17) is 21.4 Å². The van der Waals surface area contributed by atoms with Gasteiger partial charge in [0.1, 0.15) is 5.75 Å². The second-order valence-electron chi connectivity index (χ2n) is 7.29. The Kier molecular flexibility index (Phi) is 5.61. The molecular formula is C25H24ClNO2. The average Bonchev–Trinajstić information content (AvgIpc) is 3.01. The molecule has 4 rings (SSSR count). The van der Waals surface area contributed by atoms with Crippen molar-refractivity contribution in [3.05, 3.63) is 88.4 Å². The van der Waals surface area contributed by atoms with Crippen LogP contribution in [0.25, 0.3) is 22.2 Å². The van der Waals surface area contributed by atoms with Crippen molar-refractivity contribution in [1.82, 2.24) is 4.57 Å². The Labute approximate surface area is 176 Å². The van der Waals surface area contributed by atoms with Crippen LogP contribution in [-0.4, -0.2) is 23.4 Å². The van der Waals surface area contributed by atoms with Gasteiger partial charge >= 0.3 is 0 Å². The number of ether oxygens (including phenoxy) is 1. The predicted molar refractivity (Wildman–Crippen MR) is 120 cm³/mol. The molecule has 4 aromatic rings. The molecule has 0 aliphatic rings. The van der Waals surface area contributed by atoms with E-state index >= 15 is 0 Å². The zero-order chi connectivity index (χ0) is 20.4. The number of benzene rings is 3. The van der Waals surface area contributed by atoms with Crippen LogP contribution in [0.2, 0.25) is 5.02 Å². The van der Waals surface area contributed by atoms with E-state index in [0.717, 1.165) is 38.5 Å². The van der Waals surface area contributed by atoms with E-state index in [1.54, 1.807) is 7.11 Å². The molecule has 0 unspecified atom stereocenters. The van der Waals surface area contributed by atoms with Crippen molar-refractivity contribution in [1.29, 1.82) is 0 Å². The van der Waals surface area contributed by atoms with Gasteiger partial charge < -0.3 is 14.4 Å². The number of hydrogen-bond donors (Lipinski definition) is 1. The summed E-state index contributed by atoms with van der Waals surface area (Å²) >= 11 is 6.90. The number of halogens is 1. The summed E-state index contributed by atoms with van der Waals surface area (Å²) in [7, 11) is 1.67. The number of fused-ring (bicyclic) bond motifs is 1. The number of rotatable bonds is 6. The average molecular weight is 406 g/mol. The lowest BCUT2D eigenvalue weighted by Crippen LogP contribution is -2.02. The molecule has 0 aliphatic carbocycles. The van der Waals surface area contributed by atoms with Crippen LogP contribution >= 0.6 is 11.6 Å². The van der Waals surface area contributed by atoms with E-state index < -0.39 is 0 Å². The Hall–Kier alpha value is -2.75. The molecule has 0 radical (unpaired) electrons. The smallest absolute Gasteiger partial charge is 0.118 e. The van der Waals surface area contributed by atoms with E-state index in [1.165, 1.54) is 11.1 Å². The van der Waals surface area contributed by atoms with Crippen molar-refractivity contribution in [2.45, 2.75) is 19.9 Å². The molecule has 0 bridgehead atoms. The van der Waals surface area contributed by atoms with Gasteiger partial charge in [-0.25, -0.2) is 0 Å². The first-order chi connectivity index (χ1) is 14.1. The molecule has 1 heterocycles. The number of aryl methyl sites for hydroxylation is 1. The lowest BCUT2D eigenvalue weighted by atomic mass is 10.1. The van der Waals surface area contributed by atoms with Gasteiger partial charge in [0.2, 0.25) is 0 Å². The first-order valence-corrected chi connectivity index (χ1v) is 10.1. The van der Waals surface area contributed by atoms with Crippen molar-refractivity contribution in [3.63, 3.8) is 0 Å². The van der Waals surface area contributed by atoms with Crippen molar-refractivity contribution in [2.24, 2.45) is 0 Å². The van der Waals surface area contributed by atoms with Crippen LogP contribution in [0.5, 0.6) is 5.75 Å². The van der Waals surface area contributed by atoms with Crippen molar-refractivity contribution >= 4 is 22.5 Å². The maximum atomic E-state index is 9.14. The van der Waals surface area contributed by atoms with Gasteiger partial charge in [-0.05, 0) is 66.4 Å². The Balaban J connectivity index is 1.84. The molecule has 1 aromatic heterocycles. The minimum Gasteiger partial charge on any atom is -0.497 e. The third-order valence-electron chi connectivity index (χ3n) is 5.28. The minimum atomic E-state index is 0.165. The van der Waals surface area contributed by atoms with Crippen LogP contribution in [0.4, 0.5) is 0 Å². The third-order valence-corrected chi connectivity index (χ3v) is 5.67. The highest BCUT2D eigenvalue weighted by Crippen LogP contribution is 2.39. The highest BCUT2D eigenvalue weighted by atomic mass is 35.5. The molecule has 3 nitrogen and oxygen atoms in total. The summed E-state index contributed by atoms with van der Waals surface area (Å²) in [5, 5.41) is 11.0. The Morgan fingerprint density at radius 3 is 2.28 bits per heavy atom. The molecule has 0 fully saturated rings. The summed E-state index contributed by atoms with van der Waals surface area (Å²) in [4.78, 5) is 0. The van der Waals surface area contributed by atoms with Crippen LogP contribution < -0.4 is 4.74 Å². The van der Waals surface area contributed by atoms with E-state index in [0.29, 0.717) is 13.0 Å². The Bertz CT molecular complexity index is 1130. The van der Waals surface area contributed by atoms with E-state index in [2.05, 4.69) is 54.0 Å². The second kappa shape index (κ2) is 8.32. The summed E-state index contributed by atoms with van der Waals surface area (Å²) in [6.07, 6.45) is 0.676. The molecule has 29 heavy (non-hydrogen) atoms. The zero-order valence-corrected chi connectivity index (χ0v) is 17.4. The van der Waals surface area contributed by atoms with Crippen molar-refractivity contribution in [2.75, 3.05) is 13.7 Å². The van der Waals surface area contributed by atoms with Crippen LogP contribution in [0.1, 0.15) is 16.7 Å². The van der Waals surface area contributed by atoms with E-state index in [1.807, 2.05) is 24.3 Å². The fourth-order valence-electron chi connectivity index (χ4n) is 3.75. The first-order valence-electron chi connectivity index (χ1n) is 9.72. The maximum Gasteiger partial charge on any atom is 0.118 e. The topological polar surface area (TPSA) is 34.4 Å². The maximum absolute atomic E-state index is 9.14. The van der Waals surface area contributed by atoms with Gasteiger partial charge in [0.25, 0.3) is 0 Å². The second-order valence-corrected chi connectivity index (χ2v) is 7.67. The molecule has 3 aromatic carbocycles. The molecule has 0 saturated heterocycles. The lowest BCUT2D eigenvalue weighted by Gasteiger charge is -2.13. The van der Waals surface area contributed by atoms with Gasteiger partial charge in [-0.1, -0.05) is 47.5 Å². The van der Waals surface area contributed by atoms with Gasteiger partial charge in [-0.15, -0.1) is 0 Å². The molecule has 0 aliphatic heterocycles. The van der Waals surface area contributed by atoms with Gasteiger partial charge in [-0.3, -0.25) is 0 Å². The van der Waals surface area contributed by atoms with Crippen LogP contribution in [0.3, 0.4) is 0 Å². The molecule has 1 N–H and O–H groups in total. The van der Waals surface area contributed by atoms with E-state index in [9.17, 15) is 0 Å². The fourth-order valence-corrected chi connectivity index (χ4v) is 4.11. The molecule has 0 saturated carbocycles. The number of aliphatic hydroxyl groups is 1. The summed E-state index contributed by atoms with van der Waals surface area (Å²) in [6, 6.07) is 22.8. The number of hydrogen-bond acceptors (Lipinski definition) is 2. The van der Waals surface area contributed by atoms with E-state index in [-0.39, 0.29) is 6.61 Å². The fraction of sp³-hybridized carbons (Fsp3) is 0.200. The predicted octanol–water partition coefficient (Wildman–Crippen LogP) is 5.86. The van der Waals surface area contributed by atoms with Gasteiger partial charge in [-0.2, -0.15) is 0 Å². The summed E-state index contributed by atoms with van der Waals surface area (Å²) in [6.45, 7) is 2.96. The van der Waals surface area contributed by atoms with Crippen LogP contribution in [0.15, 0.2) is 66.7 Å². The highest BCUT2D eigenvalue weighted by Gasteiger charge is 2.18. The summed E-state index contributed by atoms with van der Waals surface area (Å²) in [5.74, 6) is 0.822. The quantitative estimate of drug-likeness (QED) is 0.435. The summed E-state index contributed by atoms with van der Waals surface area (Å²) < 4.78 is 7.59. The molecule has 4 heteroatoms. The SMILES string of the molecule is COc1ccc(-c2c(Cl)c3cc(C)ccc3n2Cc2ccc(CCO)cc2)cc1. The lowest BCUT2D eigenvalue weighted by molar-refractivity contribution is 0.299. The highest BCUT2D eigenvalue weighted by molar-refractivity contribution is 6.38. The summed E-state index contributed by atoms with van der Waals surface area (Å²) in [5.41, 5.74) is 6.70. The van der Waals surface area contributed by atoms with Crippen molar-refractivity contribution < 1.29 is 9.84 Å². The molecule has 0 spiro atoms. The zero-order valence-electron chi connectivity index (χ0n) is 16.7. The number of nitrogens with zero attached hydrogens (tertiary/aromatic N) is 1. The molecule has 148 valence electrons. The minimum absolute atomic E-state index is 0.165. The van der Waals surface area contributed by atoms with Gasteiger partial charge in [0, 0.05) is 18.5 Å². The van der Waals surface area contributed by atoms with Crippen LogP contribution in [-0.2, 0) is 13.0 Å². The Morgan fingerprint density at radius 1 is 0.931 bits per heavy atom. The third kappa shape index (κ3) is 3.89. The monoisotopic (exact) mass is 405 g/mol. The molecule has 0 amide bonds. The van der Waals surface area contributed by atoms with Gasteiger partial charge in [0.05, 0.1) is 23.3 Å². The standard InChI is InChI=1S/C25H24ClNO2/c1-17-3-12-23-22(15-17)24(26)25(20-8-10-21(29-2)11-9-20)27(23)16-19-6-4-18(5-7-19)13-14-28/h3-12,15,28H,13-14,16H2,1-2H3. The van der Waals surface area contributed by atoms with Crippen LogP contribution in [0, 0.1) is 6.92 Å².